The van der Waals surface area contributed by atoms with Crippen LogP contribution in [0.3, 0.4) is 0 Å². The van der Waals surface area contributed by atoms with E-state index in [1.54, 1.807) is 19.4 Å². The summed E-state index contributed by atoms with van der Waals surface area (Å²) < 4.78 is 43.0. The monoisotopic (exact) mass is 275 g/mol. The Morgan fingerprint density at radius 1 is 1.28 bits per heavy atom. The number of aromatic nitrogens is 1. The highest BCUT2D eigenvalue weighted by Crippen LogP contribution is 2.30. The van der Waals surface area contributed by atoms with Crippen LogP contribution in [0.5, 0.6) is 5.75 Å². The van der Waals surface area contributed by atoms with Crippen LogP contribution >= 0.6 is 11.8 Å². The lowest BCUT2D eigenvalue weighted by Crippen LogP contribution is -2.06. The van der Waals surface area contributed by atoms with Crippen molar-refractivity contribution in [3.63, 3.8) is 0 Å². The molecule has 0 aliphatic carbocycles. The first kappa shape index (κ1) is 13.1. The second-order valence-corrected chi connectivity index (χ2v) is 4.89. The van der Waals surface area contributed by atoms with Crippen LogP contribution in [0, 0.1) is 0 Å². The van der Waals surface area contributed by atoms with E-state index in [4.69, 9.17) is 4.74 Å². The van der Waals surface area contributed by atoms with Crippen molar-refractivity contribution in [2.75, 3.05) is 12.9 Å². The summed E-state index contributed by atoms with van der Waals surface area (Å²) in [5.74, 6) is 0.754. The minimum absolute atomic E-state index is 0.00249. The smallest absolute Gasteiger partial charge is 0.441 e. The van der Waals surface area contributed by atoms with Gasteiger partial charge in [0.1, 0.15) is 5.75 Å². The zero-order valence-electron chi connectivity index (χ0n) is 9.70. The molecule has 2 rings (SSSR count). The van der Waals surface area contributed by atoms with E-state index in [1.165, 1.54) is 0 Å². The Kier molecular flexibility index (Phi) is 3.75. The van der Waals surface area contributed by atoms with Gasteiger partial charge in [0.15, 0.2) is 0 Å². The van der Waals surface area contributed by atoms with Crippen molar-refractivity contribution in [1.29, 1.82) is 0 Å². The SMILES string of the molecule is COc1ccc2c(ccn2CCSC(F)(F)F)c1. The van der Waals surface area contributed by atoms with Gasteiger partial charge in [-0.05, 0) is 36.0 Å². The number of thioether (sulfide) groups is 1. The van der Waals surface area contributed by atoms with E-state index in [2.05, 4.69) is 0 Å². The number of rotatable bonds is 4. The summed E-state index contributed by atoms with van der Waals surface area (Å²) in [5, 5.41) is 0.964. The summed E-state index contributed by atoms with van der Waals surface area (Å²) >= 11 is 0.00249. The van der Waals surface area contributed by atoms with E-state index in [0.29, 0.717) is 6.54 Å². The summed E-state index contributed by atoms with van der Waals surface area (Å²) in [6, 6.07) is 7.39. The fourth-order valence-electron chi connectivity index (χ4n) is 1.76. The van der Waals surface area contributed by atoms with Gasteiger partial charge in [0.05, 0.1) is 7.11 Å². The molecule has 0 amide bonds. The van der Waals surface area contributed by atoms with Crippen molar-refractivity contribution in [3.05, 3.63) is 30.5 Å². The molecule has 0 atom stereocenters. The van der Waals surface area contributed by atoms with Crippen LogP contribution in [-0.2, 0) is 6.54 Å². The Morgan fingerprint density at radius 3 is 2.72 bits per heavy atom. The van der Waals surface area contributed by atoms with Crippen LogP contribution in [0.25, 0.3) is 10.9 Å². The predicted molar refractivity (Wildman–Crippen MR) is 67.0 cm³/mol. The number of fused-ring (bicyclic) bond motifs is 1. The summed E-state index contributed by atoms with van der Waals surface area (Å²) in [7, 11) is 1.58. The second-order valence-electron chi connectivity index (χ2n) is 3.73. The van der Waals surface area contributed by atoms with Crippen molar-refractivity contribution >= 4 is 22.7 Å². The predicted octanol–water partition coefficient (Wildman–Crippen LogP) is 3.90. The molecule has 0 aliphatic heterocycles. The van der Waals surface area contributed by atoms with E-state index in [9.17, 15) is 13.2 Å². The topological polar surface area (TPSA) is 14.2 Å². The Morgan fingerprint density at radius 2 is 2.06 bits per heavy atom. The maximum absolute atomic E-state index is 12.0. The molecule has 1 heterocycles. The Hall–Kier alpha value is -1.30. The van der Waals surface area contributed by atoms with Gasteiger partial charge in [0, 0.05) is 29.4 Å². The van der Waals surface area contributed by atoms with Crippen molar-refractivity contribution in [3.8, 4) is 5.75 Å². The third-order valence-corrected chi connectivity index (χ3v) is 3.29. The average molecular weight is 275 g/mol. The summed E-state index contributed by atoms with van der Waals surface area (Å²) in [6.07, 6.45) is 1.79. The van der Waals surface area contributed by atoms with E-state index >= 15 is 0 Å². The van der Waals surface area contributed by atoms with Gasteiger partial charge >= 0.3 is 5.51 Å². The van der Waals surface area contributed by atoms with Crippen molar-refractivity contribution in [1.82, 2.24) is 4.57 Å². The van der Waals surface area contributed by atoms with Gasteiger partial charge in [-0.1, -0.05) is 0 Å². The molecule has 0 saturated heterocycles. The lowest BCUT2D eigenvalue weighted by molar-refractivity contribution is -0.0328. The quantitative estimate of drug-likeness (QED) is 0.840. The van der Waals surface area contributed by atoms with Crippen LogP contribution in [-0.4, -0.2) is 22.9 Å². The van der Waals surface area contributed by atoms with Crippen molar-refractivity contribution in [2.24, 2.45) is 0 Å². The molecule has 0 N–H and O–H groups in total. The van der Waals surface area contributed by atoms with Gasteiger partial charge < -0.3 is 9.30 Å². The normalized spacial score (nSPS) is 12.0. The number of hydrogen-bond donors (Lipinski definition) is 0. The zero-order valence-corrected chi connectivity index (χ0v) is 10.5. The number of hydrogen-bond acceptors (Lipinski definition) is 2. The summed E-state index contributed by atoms with van der Waals surface area (Å²) in [6.45, 7) is 0.333. The molecule has 6 heteroatoms. The maximum atomic E-state index is 12.0. The molecule has 98 valence electrons. The van der Waals surface area contributed by atoms with Gasteiger partial charge in [0.2, 0.25) is 0 Å². The molecule has 0 spiro atoms. The van der Waals surface area contributed by atoms with Crippen LogP contribution in [0.15, 0.2) is 30.5 Å². The van der Waals surface area contributed by atoms with E-state index in [1.807, 2.05) is 22.8 Å². The molecule has 1 aromatic carbocycles. The highest BCUT2D eigenvalue weighted by molar-refractivity contribution is 8.00. The molecule has 2 nitrogen and oxygen atoms in total. The second kappa shape index (κ2) is 5.14. The standard InChI is InChI=1S/C12H12F3NOS/c1-17-10-2-3-11-9(8-10)4-5-16(11)6-7-18-12(13,14)15/h2-5,8H,6-7H2,1H3. The highest BCUT2D eigenvalue weighted by atomic mass is 32.2. The first-order valence-corrected chi connectivity index (χ1v) is 6.32. The lowest BCUT2D eigenvalue weighted by atomic mass is 10.2. The van der Waals surface area contributed by atoms with Crippen LogP contribution < -0.4 is 4.74 Å². The molecule has 0 unspecified atom stereocenters. The first-order valence-electron chi connectivity index (χ1n) is 5.33. The minimum Gasteiger partial charge on any atom is -0.497 e. The molecule has 2 aromatic rings. The number of ether oxygens (including phenoxy) is 1. The van der Waals surface area contributed by atoms with Gasteiger partial charge in [-0.25, -0.2) is 0 Å². The molecule has 18 heavy (non-hydrogen) atoms. The summed E-state index contributed by atoms with van der Waals surface area (Å²) in [5.41, 5.74) is -3.25. The van der Waals surface area contributed by atoms with Gasteiger partial charge in [-0.3, -0.25) is 0 Å². The molecule has 0 radical (unpaired) electrons. The molecule has 0 fully saturated rings. The Labute approximate surface area is 107 Å². The number of halogens is 3. The lowest BCUT2D eigenvalue weighted by Gasteiger charge is -2.08. The fraction of sp³-hybridized carbons (Fsp3) is 0.333. The fourth-order valence-corrected chi connectivity index (χ4v) is 2.28. The van der Waals surface area contributed by atoms with Crippen molar-refractivity contribution < 1.29 is 17.9 Å². The molecule has 1 aromatic heterocycles. The third-order valence-electron chi connectivity index (χ3n) is 2.58. The molecule has 0 bridgehead atoms. The zero-order chi connectivity index (χ0) is 13.2. The molecular weight excluding hydrogens is 263 g/mol. The number of aryl methyl sites for hydroxylation is 1. The third kappa shape index (κ3) is 3.13. The number of alkyl halides is 3. The molecule has 0 saturated carbocycles. The van der Waals surface area contributed by atoms with Crippen LogP contribution in [0.4, 0.5) is 13.2 Å². The van der Waals surface area contributed by atoms with Crippen LogP contribution in [0.1, 0.15) is 0 Å². The minimum atomic E-state index is -4.16. The van der Waals surface area contributed by atoms with Gasteiger partial charge in [0.25, 0.3) is 0 Å². The number of methoxy groups -OCH3 is 1. The van der Waals surface area contributed by atoms with E-state index in [-0.39, 0.29) is 17.5 Å². The van der Waals surface area contributed by atoms with E-state index < -0.39 is 5.51 Å². The summed E-state index contributed by atoms with van der Waals surface area (Å²) in [4.78, 5) is 0. The molecular formula is C12H12F3NOS. The number of benzene rings is 1. The maximum Gasteiger partial charge on any atom is 0.441 e. The molecule has 0 aliphatic rings. The van der Waals surface area contributed by atoms with Crippen molar-refractivity contribution in [2.45, 2.75) is 12.1 Å². The number of nitrogens with zero attached hydrogens (tertiary/aromatic N) is 1. The first-order chi connectivity index (χ1) is 8.49. The average Bonchev–Trinajstić information content (AvgIpc) is 2.70. The van der Waals surface area contributed by atoms with Gasteiger partial charge in [-0.2, -0.15) is 13.2 Å². The highest BCUT2D eigenvalue weighted by Gasteiger charge is 2.27. The van der Waals surface area contributed by atoms with Gasteiger partial charge in [-0.15, -0.1) is 0 Å². The largest absolute Gasteiger partial charge is 0.497 e. The Bertz CT molecular complexity index is 536. The van der Waals surface area contributed by atoms with Crippen LogP contribution in [0.2, 0.25) is 0 Å². The Balaban J connectivity index is 2.10. The van der Waals surface area contributed by atoms with E-state index in [0.717, 1.165) is 16.7 Å².